The normalized spacial score (nSPS) is 14.7. The fourth-order valence-corrected chi connectivity index (χ4v) is 2.39. The van der Waals surface area contributed by atoms with Crippen LogP contribution in [0, 0.1) is 5.92 Å². The van der Waals surface area contributed by atoms with Crippen molar-refractivity contribution in [2.45, 2.75) is 25.4 Å². The summed E-state index contributed by atoms with van der Waals surface area (Å²) in [5.74, 6) is -0.0629. The van der Waals surface area contributed by atoms with Crippen molar-refractivity contribution in [3.05, 3.63) is 22.7 Å². The van der Waals surface area contributed by atoms with Crippen LogP contribution < -0.4 is 10.5 Å². The summed E-state index contributed by atoms with van der Waals surface area (Å²) in [5.41, 5.74) is 6.02. The van der Waals surface area contributed by atoms with E-state index in [2.05, 4.69) is 0 Å². The van der Waals surface area contributed by atoms with Crippen molar-refractivity contribution in [3.63, 3.8) is 0 Å². The number of nitrogen functional groups attached to an aromatic ring is 1. The molecule has 1 saturated carbocycles. The summed E-state index contributed by atoms with van der Waals surface area (Å²) >= 11 is 5.93. The molecule has 0 aliphatic heterocycles. The van der Waals surface area contributed by atoms with Gasteiger partial charge in [0.05, 0.1) is 29.8 Å². The van der Waals surface area contributed by atoms with Crippen LogP contribution in [0.1, 0.15) is 29.6 Å². The highest BCUT2D eigenvalue weighted by Gasteiger charge is 2.33. The third-order valence-corrected chi connectivity index (χ3v) is 4.00. The van der Waals surface area contributed by atoms with E-state index in [4.69, 9.17) is 22.1 Å². The number of nitrogens with two attached hydrogens (primary N) is 1. The Morgan fingerprint density at radius 3 is 2.61 bits per heavy atom. The number of alkyl halides is 3. The molecule has 0 bridgehead atoms. The molecule has 2 rings (SSSR count). The molecule has 0 saturated heterocycles. The molecule has 0 atom stereocenters. The zero-order chi connectivity index (χ0) is 17.2. The van der Waals surface area contributed by atoms with E-state index in [0.717, 1.165) is 12.8 Å². The Morgan fingerprint density at radius 2 is 2.09 bits per heavy atom. The van der Waals surface area contributed by atoms with Crippen LogP contribution in [0.5, 0.6) is 5.75 Å². The van der Waals surface area contributed by atoms with Crippen LogP contribution in [0.15, 0.2) is 12.1 Å². The summed E-state index contributed by atoms with van der Waals surface area (Å²) in [7, 11) is 1.36. The number of rotatable bonds is 6. The van der Waals surface area contributed by atoms with Crippen LogP contribution in [0.25, 0.3) is 0 Å². The van der Waals surface area contributed by atoms with Gasteiger partial charge in [0.25, 0.3) is 5.91 Å². The molecule has 1 fully saturated rings. The number of amides is 1. The van der Waals surface area contributed by atoms with E-state index in [1.807, 2.05) is 0 Å². The minimum atomic E-state index is -4.31. The number of halogens is 4. The van der Waals surface area contributed by atoms with Crippen molar-refractivity contribution in [1.82, 2.24) is 4.90 Å². The molecule has 1 aromatic carbocycles. The maximum atomic E-state index is 12.6. The van der Waals surface area contributed by atoms with Crippen LogP contribution in [-0.4, -0.2) is 37.2 Å². The Labute approximate surface area is 137 Å². The molecule has 2 N–H and O–H groups in total. The lowest BCUT2D eigenvalue weighted by atomic mass is 10.1. The Morgan fingerprint density at radius 1 is 1.43 bits per heavy atom. The molecule has 0 unspecified atom stereocenters. The van der Waals surface area contributed by atoms with E-state index in [9.17, 15) is 18.0 Å². The average Bonchev–Trinajstić information content (AvgIpc) is 3.28. The largest absolute Gasteiger partial charge is 0.496 e. The number of carbonyl (C=O) groups is 1. The molecular formula is C15H18ClF3N2O2. The van der Waals surface area contributed by atoms with E-state index >= 15 is 0 Å². The summed E-state index contributed by atoms with van der Waals surface area (Å²) in [4.78, 5) is 13.9. The van der Waals surface area contributed by atoms with Gasteiger partial charge in [0, 0.05) is 19.2 Å². The summed E-state index contributed by atoms with van der Waals surface area (Å²) in [6.45, 7) is -0.0793. The predicted octanol–water partition coefficient (Wildman–Crippen LogP) is 3.74. The Balaban J connectivity index is 2.23. The van der Waals surface area contributed by atoms with Gasteiger partial charge in [0.1, 0.15) is 5.75 Å². The van der Waals surface area contributed by atoms with Gasteiger partial charge in [-0.15, -0.1) is 0 Å². The SMILES string of the molecule is COc1cc(N)c(Cl)cc1C(=O)N(CCC(F)(F)F)CC1CC1. The number of ether oxygens (including phenoxy) is 1. The molecule has 1 aliphatic carbocycles. The third kappa shape index (κ3) is 4.92. The molecule has 1 aliphatic rings. The first-order valence-electron chi connectivity index (χ1n) is 7.20. The monoisotopic (exact) mass is 350 g/mol. The number of hydrogen-bond donors (Lipinski definition) is 1. The van der Waals surface area contributed by atoms with Gasteiger partial charge in [-0.05, 0) is 24.8 Å². The van der Waals surface area contributed by atoms with Crippen molar-refractivity contribution in [2.75, 3.05) is 25.9 Å². The van der Waals surface area contributed by atoms with Crippen molar-refractivity contribution < 1.29 is 22.7 Å². The van der Waals surface area contributed by atoms with Crippen molar-refractivity contribution in [1.29, 1.82) is 0 Å². The minimum absolute atomic E-state index is 0.120. The molecule has 128 valence electrons. The van der Waals surface area contributed by atoms with Gasteiger partial charge >= 0.3 is 6.18 Å². The van der Waals surface area contributed by atoms with Crippen molar-refractivity contribution >= 4 is 23.2 Å². The first-order chi connectivity index (χ1) is 10.7. The van der Waals surface area contributed by atoms with Crippen LogP contribution in [0.3, 0.4) is 0 Å². The fourth-order valence-electron chi connectivity index (χ4n) is 2.23. The topological polar surface area (TPSA) is 55.6 Å². The maximum absolute atomic E-state index is 12.6. The summed E-state index contributed by atoms with van der Waals surface area (Å²) in [6.07, 6.45) is -3.51. The van der Waals surface area contributed by atoms with E-state index in [-0.39, 0.29) is 34.5 Å². The second kappa shape index (κ2) is 6.86. The number of anilines is 1. The Kier molecular flexibility index (Phi) is 5.29. The lowest BCUT2D eigenvalue weighted by molar-refractivity contribution is -0.136. The lowest BCUT2D eigenvalue weighted by Gasteiger charge is -2.24. The van der Waals surface area contributed by atoms with Gasteiger partial charge in [-0.1, -0.05) is 11.6 Å². The number of benzene rings is 1. The van der Waals surface area contributed by atoms with Crippen LogP contribution in [0.4, 0.5) is 18.9 Å². The van der Waals surface area contributed by atoms with Crippen molar-refractivity contribution in [3.8, 4) is 5.75 Å². The Bertz CT molecular complexity index is 589. The number of hydrogen-bond acceptors (Lipinski definition) is 3. The summed E-state index contributed by atoms with van der Waals surface area (Å²) in [6, 6.07) is 2.74. The molecule has 1 amide bonds. The predicted molar refractivity (Wildman–Crippen MR) is 81.7 cm³/mol. The summed E-state index contributed by atoms with van der Waals surface area (Å²) in [5, 5.41) is 0.163. The molecule has 0 aromatic heterocycles. The van der Waals surface area contributed by atoms with Gasteiger partial charge in [-0.3, -0.25) is 4.79 Å². The second-order valence-electron chi connectivity index (χ2n) is 5.63. The standard InChI is InChI=1S/C15H18ClF3N2O2/c1-23-13-7-12(20)11(16)6-10(13)14(22)21(8-9-2-3-9)5-4-15(17,18)19/h6-7,9H,2-5,8,20H2,1H3. The summed E-state index contributed by atoms with van der Waals surface area (Å²) < 4.78 is 42.6. The smallest absolute Gasteiger partial charge is 0.390 e. The molecule has 0 heterocycles. The van der Waals surface area contributed by atoms with E-state index in [1.165, 1.54) is 24.1 Å². The van der Waals surface area contributed by atoms with Gasteiger partial charge in [0.2, 0.25) is 0 Å². The Hall–Kier alpha value is -1.63. The van der Waals surface area contributed by atoms with Crippen molar-refractivity contribution in [2.24, 2.45) is 5.92 Å². The second-order valence-corrected chi connectivity index (χ2v) is 6.04. The quantitative estimate of drug-likeness (QED) is 0.795. The van der Waals surface area contributed by atoms with Crippen LogP contribution >= 0.6 is 11.6 Å². The first kappa shape index (κ1) is 17.7. The highest BCUT2D eigenvalue weighted by atomic mass is 35.5. The average molecular weight is 351 g/mol. The highest BCUT2D eigenvalue weighted by molar-refractivity contribution is 6.33. The molecule has 23 heavy (non-hydrogen) atoms. The number of nitrogens with zero attached hydrogens (tertiary/aromatic N) is 1. The van der Waals surface area contributed by atoms with E-state index in [0.29, 0.717) is 6.54 Å². The minimum Gasteiger partial charge on any atom is -0.496 e. The first-order valence-corrected chi connectivity index (χ1v) is 7.58. The van der Waals surface area contributed by atoms with Gasteiger partial charge < -0.3 is 15.4 Å². The number of methoxy groups -OCH3 is 1. The zero-order valence-corrected chi connectivity index (χ0v) is 13.4. The number of carbonyl (C=O) groups excluding carboxylic acids is 1. The third-order valence-electron chi connectivity index (χ3n) is 3.68. The molecule has 8 heteroatoms. The van der Waals surface area contributed by atoms with E-state index < -0.39 is 18.5 Å². The molecule has 0 spiro atoms. The fraction of sp³-hybridized carbons (Fsp3) is 0.533. The van der Waals surface area contributed by atoms with Crippen LogP contribution in [-0.2, 0) is 0 Å². The van der Waals surface area contributed by atoms with Gasteiger partial charge in [-0.25, -0.2) is 0 Å². The van der Waals surface area contributed by atoms with E-state index in [1.54, 1.807) is 0 Å². The maximum Gasteiger partial charge on any atom is 0.390 e. The van der Waals surface area contributed by atoms with Gasteiger partial charge in [-0.2, -0.15) is 13.2 Å². The lowest BCUT2D eigenvalue weighted by Crippen LogP contribution is -2.36. The molecule has 0 radical (unpaired) electrons. The zero-order valence-electron chi connectivity index (χ0n) is 12.6. The van der Waals surface area contributed by atoms with Gasteiger partial charge in [0.15, 0.2) is 0 Å². The molecule has 1 aromatic rings. The molecular weight excluding hydrogens is 333 g/mol. The molecule has 4 nitrogen and oxygen atoms in total. The van der Waals surface area contributed by atoms with Crippen LogP contribution in [0.2, 0.25) is 5.02 Å². The highest BCUT2D eigenvalue weighted by Crippen LogP contribution is 2.33.